The Morgan fingerprint density at radius 3 is 2.68 bits per heavy atom. The molecule has 8 heteroatoms. The summed E-state index contributed by atoms with van der Waals surface area (Å²) < 4.78 is 26.1. The summed E-state index contributed by atoms with van der Waals surface area (Å²) in [5, 5.41) is 14.8. The number of rotatable bonds is 4. The number of aromatic amines is 1. The van der Waals surface area contributed by atoms with Crippen molar-refractivity contribution >= 4 is 21.7 Å². The fraction of sp³-hybridized carbons (Fsp3) is 0.0909. The van der Waals surface area contributed by atoms with Gasteiger partial charge in [-0.15, -0.1) is 0 Å². The molecule has 3 N–H and O–H groups in total. The highest BCUT2D eigenvalue weighted by atomic mass is 32.2. The molecule has 0 amide bonds. The molecule has 0 unspecified atom stereocenters. The van der Waals surface area contributed by atoms with Crippen LogP contribution >= 0.6 is 0 Å². The van der Waals surface area contributed by atoms with Gasteiger partial charge in [0.25, 0.3) is 10.0 Å². The molecule has 0 fully saturated rings. The Morgan fingerprint density at radius 2 is 2.11 bits per heavy atom. The van der Waals surface area contributed by atoms with E-state index in [9.17, 15) is 13.2 Å². The summed E-state index contributed by atoms with van der Waals surface area (Å²) in [4.78, 5) is 11.1. The molecule has 0 spiro atoms. The zero-order valence-corrected chi connectivity index (χ0v) is 10.7. The van der Waals surface area contributed by atoms with E-state index < -0.39 is 16.0 Å². The molecule has 0 radical (unpaired) electrons. The number of aromatic carboxylic acids is 1. The van der Waals surface area contributed by atoms with Crippen LogP contribution in [0.4, 0.5) is 5.69 Å². The first kappa shape index (κ1) is 13.1. The number of hydrogen-bond donors (Lipinski definition) is 3. The number of anilines is 1. The van der Waals surface area contributed by atoms with E-state index in [0.29, 0.717) is 0 Å². The summed E-state index contributed by atoms with van der Waals surface area (Å²) in [6.45, 7) is 1.72. The molecular weight excluding hydrogens is 270 g/mol. The van der Waals surface area contributed by atoms with Gasteiger partial charge in [0.1, 0.15) is 0 Å². The number of carboxylic acid groups (broad SMARTS) is 1. The zero-order chi connectivity index (χ0) is 14.0. The van der Waals surface area contributed by atoms with Crippen LogP contribution < -0.4 is 4.72 Å². The Balaban J connectivity index is 2.42. The van der Waals surface area contributed by atoms with Crippen molar-refractivity contribution in [3.05, 3.63) is 41.6 Å². The Kier molecular flexibility index (Phi) is 3.26. The van der Waals surface area contributed by atoms with Crippen molar-refractivity contribution in [2.45, 2.75) is 11.9 Å². The predicted molar refractivity (Wildman–Crippen MR) is 67.5 cm³/mol. The average Bonchev–Trinajstić information content (AvgIpc) is 2.85. The normalized spacial score (nSPS) is 11.2. The van der Waals surface area contributed by atoms with Crippen molar-refractivity contribution < 1.29 is 18.3 Å². The van der Waals surface area contributed by atoms with Crippen LogP contribution in [0.15, 0.2) is 35.5 Å². The van der Waals surface area contributed by atoms with Crippen LogP contribution in [-0.4, -0.2) is 29.7 Å². The molecule has 100 valence electrons. The van der Waals surface area contributed by atoms with Gasteiger partial charge in [-0.3, -0.25) is 9.82 Å². The first-order chi connectivity index (χ1) is 8.90. The molecule has 2 rings (SSSR count). The number of hydrogen-bond acceptors (Lipinski definition) is 4. The monoisotopic (exact) mass is 281 g/mol. The minimum atomic E-state index is -3.87. The summed E-state index contributed by atoms with van der Waals surface area (Å²) in [7, 11) is -3.87. The third-order valence-corrected chi connectivity index (χ3v) is 3.71. The van der Waals surface area contributed by atoms with E-state index in [4.69, 9.17) is 5.11 Å². The van der Waals surface area contributed by atoms with Crippen LogP contribution in [0.2, 0.25) is 0 Å². The maximum absolute atomic E-state index is 11.9. The molecule has 0 aliphatic heterocycles. The Hall–Kier alpha value is -2.35. The lowest BCUT2D eigenvalue weighted by Crippen LogP contribution is -2.16. The smallest absolute Gasteiger partial charge is 0.337 e. The largest absolute Gasteiger partial charge is 0.478 e. The predicted octanol–water partition coefficient (Wildman–Crippen LogP) is 1.22. The molecule has 0 aliphatic carbocycles. The second-order valence-electron chi connectivity index (χ2n) is 3.88. The summed E-state index contributed by atoms with van der Waals surface area (Å²) in [6.07, 6.45) is 1.29. The van der Waals surface area contributed by atoms with E-state index in [1.165, 1.54) is 24.4 Å². The number of aromatic nitrogens is 2. The third kappa shape index (κ3) is 2.74. The molecule has 0 atom stereocenters. The van der Waals surface area contributed by atoms with Gasteiger partial charge in [0.2, 0.25) is 0 Å². The van der Waals surface area contributed by atoms with Gasteiger partial charge in [-0.2, -0.15) is 13.5 Å². The molecule has 1 aromatic heterocycles. The van der Waals surface area contributed by atoms with Gasteiger partial charge in [0.15, 0.2) is 5.03 Å². The molecule has 19 heavy (non-hydrogen) atoms. The molecule has 0 bridgehead atoms. The lowest BCUT2D eigenvalue weighted by Gasteiger charge is -2.09. The summed E-state index contributed by atoms with van der Waals surface area (Å²) in [5.41, 5.74) is 0.623. The van der Waals surface area contributed by atoms with E-state index in [2.05, 4.69) is 14.9 Å². The summed E-state index contributed by atoms with van der Waals surface area (Å²) >= 11 is 0. The van der Waals surface area contributed by atoms with E-state index >= 15 is 0 Å². The molecule has 0 aliphatic rings. The van der Waals surface area contributed by atoms with Crippen LogP contribution in [0.3, 0.4) is 0 Å². The van der Waals surface area contributed by atoms with Gasteiger partial charge in [-0.05, 0) is 25.1 Å². The summed E-state index contributed by atoms with van der Waals surface area (Å²) in [5.74, 6) is -1.20. The molecule has 2 aromatic rings. The molecule has 7 nitrogen and oxygen atoms in total. The molecule has 1 heterocycles. The van der Waals surface area contributed by atoms with Crippen LogP contribution in [0.1, 0.15) is 15.9 Å². The van der Waals surface area contributed by atoms with Crippen LogP contribution in [0.5, 0.6) is 0 Å². The minimum Gasteiger partial charge on any atom is -0.478 e. The van der Waals surface area contributed by atoms with Crippen molar-refractivity contribution in [2.24, 2.45) is 0 Å². The Morgan fingerprint density at radius 1 is 1.37 bits per heavy atom. The van der Waals surface area contributed by atoms with Gasteiger partial charge >= 0.3 is 5.97 Å². The van der Waals surface area contributed by atoms with Gasteiger partial charge < -0.3 is 5.11 Å². The van der Waals surface area contributed by atoms with Crippen molar-refractivity contribution in [1.82, 2.24) is 10.2 Å². The molecular formula is C11H11N3O4S. The van der Waals surface area contributed by atoms with Crippen molar-refractivity contribution in [3.63, 3.8) is 0 Å². The topological polar surface area (TPSA) is 112 Å². The van der Waals surface area contributed by atoms with Crippen LogP contribution in [0.25, 0.3) is 0 Å². The third-order valence-electron chi connectivity index (χ3n) is 2.41. The van der Waals surface area contributed by atoms with Crippen molar-refractivity contribution in [2.75, 3.05) is 4.72 Å². The van der Waals surface area contributed by atoms with E-state index in [1.807, 2.05) is 0 Å². The highest BCUT2D eigenvalue weighted by Crippen LogP contribution is 2.20. The van der Waals surface area contributed by atoms with Crippen molar-refractivity contribution in [1.29, 1.82) is 0 Å². The number of carboxylic acids is 1. The number of nitrogens with zero attached hydrogens (tertiary/aromatic N) is 1. The highest BCUT2D eigenvalue weighted by molar-refractivity contribution is 7.92. The fourth-order valence-corrected chi connectivity index (χ4v) is 2.51. The van der Waals surface area contributed by atoms with E-state index in [0.717, 1.165) is 5.56 Å². The van der Waals surface area contributed by atoms with E-state index in [-0.39, 0.29) is 16.3 Å². The average molecular weight is 281 g/mol. The number of H-pyrrole nitrogens is 1. The second kappa shape index (κ2) is 4.73. The molecule has 0 saturated carbocycles. The van der Waals surface area contributed by atoms with Gasteiger partial charge in [0.05, 0.1) is 17.4 Å². The SMILES string of the molecule is Cc1ccc(NS(=O)(=O)c2ccn[nH]2)c(C(=O)O)c1. The maximum Gasteiger partial charge on any atom is 0.337 e. The standard InChI is InChI=1S/C11H11N3O4S/c1-7-2-3-9(8(6-7)11(15)16)14-19(17,18)10-4-5-12-13-10/h2-6,14H,1H3,(H,12,13)(H,15,16). The van der Waals surface area contributed by atoms with E-state index in [1.54, 1.807) is 13.0 Å². The Bertz CT molecular complexity index is 708. The lowest BCUT2D eigenvalue weighted by atomic mass is 10.1. The first-order valence-corrected chi connectivity index (χ1v) is 6.74. The summed E-state index contributed by atoms with van der Waals surface area (Å²) in [6, 6.07) is 5.70. The first-order valence-electron chi connectivity index (χ1n) is 5.26. The molecule has 0 saturated heterocycles. The van der Waals surface area contributed by atoms with Crippen molar-refractivity contribution in [3.8, 4) is 0 Å². The number of nitrogens with one attached hydrogen (secondary N) is 2. The van der Waals surface area contributed by atoms with Crippen LogP contribution in [-0.2, 0) is 10.0 Å². The molecule has 1 aromatic carbocycles. The highest BCUT2D eigenvalue weighted by Gasteiger charge is 2.19. The minimum absolute atomic E-state index is 0.00713. The van der Waals surface area contributed by atoms with Gasteiger partial charge in [-0.1, -0.05) is 11.6 Å². The fourth-order valence-electron chi connectivity index (χ4n) is 1.52. The number of benzene rings is 1. The number of sulfonamides is 1. The van der Waals surface area contributed by atoms with Gasteiger partial charge in [-0.25, -0.2) is 4.79 Å². The zero-order valence-electron chi connectivity index (χ0n) is 9.91. The number of aryl methyl sites for hydroxylation is 1. The Labute approximate surface area is 109 Å². The second-order valence-corrected chi connectivity index (χ2v) is 5.53. The maximum atomic E-state index is 11.9. The van der Waals surface area contributed by atoms with Gasteiger partial charge in [0, 0.05) is 0 Å². The number of carbonyl (C=O) groups is 1. The lowest BCUT2D eigenvalue weighted by molar-refractivity contribution is 0.0698. The van der Waals surface area contributed by atoms with Crippen LogP contribution in [0, 0.1) is 6.92 Å². The quantitative estimate of drug-likeness (QED) is 0.780.